The lowest BCUT2D eigenvalue weighted by molar-refractivity contribution is 0.187. The smallest absolute Gasteiger partial charge is 0.318 e. The number of hydrogen-bond acceptors (Lipinski definition) is 2. The number of carbonyl (C=O) groups is 1. The number of nitrogens with one attached hydrogen (secondary N) is 1. The largest absolute Gasteiger partial charge is 0.330 e. The number of pyridine rings is 1. The summed E-state index contributed by atoms with van der Waals surface area (Å²) in [6.07, 6.45) is 3.47. The molecule has 1 fully saturated rings. The second-order valence-electron chi connectivity index (χ2n) is 6.02. The number of nitrogens with zero attached hydrogens (tertiary/aromatic N) is 2. The Morgan fingerprint density at radius 3 is 2.75 bits per heavy atom. The molecule has 2 amide bonds. The van der Waals surface area contributed by atoms with Gasteiger partial charge in [-0.3, -0.25) is 4.98 Å². The normalized spacial score (nSPS) is 15.0. The van der Waals surface area contributed by atoms with Gasteiger partial charge in [0, 0.05) is 23.9 Å². The Morgan fingerprint density at radius 1 is 1.33 bits per heavy atom. The Balaban J connectivity index is 1.70. The van der Waals surface area contributed by atoms with Crippen molar-refractivity contribution in [2.45, 2.75) is 38.4 Å². The summed E-state index contributed by atoms with van der Waals surface area (Å²) >= 11 is 0. The molecule has 2 aromatic rings. The van der Waals surface area contributed by atoms with Gasteiger partial charge in [-0.25, -0.2) is 13.6 Å². The van der Waals surface area contributed by atoms with Crippen molar-refractivity contribution in [2.75, 3.05) is 0 Å². The molecule has 1 heterocycles. The molecule has 0 aliphatic heterocycles. The van der Waals surface area contributed by atoms with Crippen molar-refractivity contribution >= 4 is 6.03 Å². The second-order valence-corrected chi connectivity index (χ2v) is 6.02. The summed E-state index contributed by atoms with van der Waals surface area (Å²) in [7, 11) is 0. The van der Waals surface area contributed by atoms with E-state index >= 15 is 0 Å². The summed E-state index contributed by atoms with van der Waals surface area (Å²) in [6, 6.07) is 8.53. The first-order valence-electron chi connectivity index (χ1n) is 7.96. The monoisotopic (exact) mass is 331 g/mol. The number of carbonyl (C=O) groups excluding carboxylic acids is 1. The van der Waals surface area contributed by atoms with E-state index in [-0.39, 0.29) is 24.7 Å². The maximum atomic E-state index is 13.9. The van der Waals surface area contributed by atoms with Gasteiger partial charge in [-0.2, -0.15) is 0 Å². The van der Waals surface area contributed by atoms with Crippen molar-refractivity contribution in [2.24, 2.45) is 0 Å². The first-order chi connectivity index (χ1) is 11.5. The van der Waals surface area contributed by atoms with E-state index in [4.69, 9.17) is 0 Å². The molecule has 0 saturated heterocycles. The molecule has 1 atom stereocenters. The fourth-order valence-electron chi connectivity index (χ4n) is 2.56. The van der Waals surface area contributed by atoms with E-state index in [1.54, 1.807) is 11.1 Å². The number of benzene rings is 1. The molecular weight excluding hydrogens is 312 g/mol. The molecule has 24 heavy (non-hydrogen) atoms. The minimum absolute atomic E-state index is 0.102. The van der Waals surface area contributed by atoms with Gasteiger partial charge in [0.25, 0.3) is 0 Å². The predicted octanol–water partition coefficient (Wildman–Crippen LogP) is 3.80. The van der Waals surface area contributed by atoms with Crippen LogP contribution >= 0.6 is 0 Å². The summed E-state index contributed by atoms with van der Waals surface area (Å²) in [4.78, 5) is 18.4. The topological polar surface area (TPSA) is 45.2 Å². The molecule has 1 N–H and O–H groups in total. The quantitative estimate of drug-likeness (QED) is 0.906. The van der Waals surface area contributed by atoms with Crippen LogP contribution in [0.2, 0.25) is 0 Å². The van der Waals surface area contributed by atoms with Crippen molar-refractivity contribution in [1.29, 1.82) is 0 Å². The maximum absolute atomic E-state index is 13.9. The van der Waals surface area contributed by atoms with Crippen molar-refractivity contribution < 1.29 is 13.6 Å². The zero-order valence-electron chi connectivity index (χ0n) is 13.4. The number of rotatable bonds is 5. The molecule has 1 aliphatic carbocycles. The van der Waals surface area contributed by atoms with Crippen LogP contribution in [-0.4, -0.2) is 22.0 Å². The zero-order valence-corrected chi connectivity index (χ0v) is 13.4. The summed E-state index contributed by atoms with van der Waals surface area (Å²) in [6.45, 7) is 1.97. The van der Waals surface area contributed by atoms with Gasteiger partial charge in [0.2, 0.25) is 0 Å². The second kappa shape index (κ2) is 6.95. The average Bonchev–Trinajstić information content (AvgIpc) is 3.39. The van der Waals surface area contributed by atoms with Gasteiger partial charge in [-0.05, 0) is 38.0 Å². The molecule has 1 aromatic carbocycles. The average molecular weight is 331 g/mol. The SMILES string of the molecule is CC(NC(=O)N(Cc1ccc(F)cc1F)C1CC1)c1ccccn1. The predicted molar refractivity (Wildman–Crippen MR) is 86.1 cm³/mol. The van der Waals surface area contributed by atoms with E-state index in [1.807, 2.05) is 25.1 Å². The Labute approximate surface area is 139 Å². The van der Waals surface area contributed by atoms with Gasteiger partial charge in [-0.15, -0.1) is 0 Å². The summed E-state index contributed by atoms with van der Waals surface area (Å²) in [5.41, 5.74) is 1.07. The van der Waals surface area contributed by atoms with Crippen LogP contribution in [0.1, 0.15) is 37.1 Å². The highest BCUT2D eigenvalue weighted by atomic mass is 19.1. The van der Waals surface area contributed by atoms with Crippen molar-refractivity contribution in [1.82, 2.24) is 15.2 Å². The standard InChI is InChI=1S/C18H19F2N3O/c1-12(17-4-2-3-9-21-17)22-18(24)23(15-7-8-15)11-13-5-6-14(19)10-16(13)20/h2-6,9-10,12,15H,7-8,11H2,1H3,(H,22,24). The Morgan fingerprint density at radius 2 is 2.12 bits per heavy atom. The lowest BCUT2D eigenvalue weighted by Gasteiger charge is -2.25. The molecule has 6 heteroatoms. The summed E-state index contributed by atoms with van der Waals surface area (Å²) < 4.78 is 26.9. The molecule has 0 bridgehead atoms. The van der Waals surface area contributed by atoms with Crippen LogP contribution in [0.5, 0.6) is 0 Å². The lowest BCUT2D eigenvalue weighted by atomic mass is 10.2. The van der Waals surface area contributed by atoms with Crippen LogP contribution < -0.4 is 5.32 Å². The fourth-order valence-corrected chi connectivity index (χ4v) is 2.56. The highest BCUT2D eigenvalue weighted by molar-refractivity contribution is 5.75. The molecular formula is C18H19F2N3O. The first kappa shape index (κ1) is 16.4. The van der Waals surface area contributed by atoms with Crippen molar-refractivity contribution in [3.05, 3.63) is 65.5 Å². The zero-order chi connectivity index (χ0) is 17.1. The van der Waals surface area contributed by atoms with E-state index in [2.05, 4.69) is 10.3 Å². The first-order valence-corrected chi connectivity index (χ1v) is 7.96. The van der Waals surface area contributed by atoms with Crippen molar-refractivity contribution in [3.63, 3.8) is 0 Å². The van der Waals surface area contributed by atoms with Gasteiger partial charge in [-0.1, -0.05) is 12.1 Å². The van der Waals surface area contributed by atoms with Crippen molar-refractivity contribution in [3.8, 4) is 0 Å². The van der Waals surface area contributed by atoms with Gasteiger partial charge in [0.15, 0.2) is 0 Å². The van der Waals surface area contributed by atoms with Crippen LogP contribution in [0.4, 0.5) is 13.6 Å². The number of hydrogen-bond donors (Lipinski definition) is 1. The van der Waals surface area contributed by atoms with Crippen LogP contribution in [0, 0.1) is 11.6 Å². The Kier molecular flexibility index (Phi) is 4.74. The maximum Gasteiger partial charge on any atom is 0.318 e. The van der Waals surface area contributed by atoms with Crippen LogP contribution in [0.15, 0.2) is 42.6 Å². The van der Waals surface area contributed by atoms with Gasteiger partial charge in [0.05, 0.1) is 18.3 Å². The molecule has 126 valence electrons. The minimum Gasteiger partial charge on any atom is -0.330 e. The van der Waals surface area contributed by atoms with Crippen LogP contribution in [0.25, 0.3) is 0 Å². The Hall–Kier alpha value is -2.50. The molecule has 1 aromatic heterocycles. The number of urea groups is 1. The van der Waals surface area contributed by atoms with Crippen LogP contribution in [0.3, 0.4) is 0 Å². The van der Waals surface area contributed by atoms with Crippen LogP contribution in [-0.2, 0) is 6.54 Å². The minimum atomic E-state index is -0.633. The molecule has 1 saturated carbocycles. The van der Waals surface area contributed by atoms with E-state index in [1.165, 1.54) is 12.1 Å². The molecule has 0 radical (unpaired) electrons. The Bertz CT molecular complexity index is 719. The molecule has 3 rings (SSSR count). The third-order valence-electron chi connectivity index (χ3n) is 4.08. The highest BCUT2D eigenvalue weighted by Gasteiger charge is 2.33. The molecule has 4 nitrogen and oxygen atoms in total. The third kappa shape index (κ3) is 3.88. The molecule has 0 spiro atoms. The summed E-state index contributed by atoms with van der Waals surface area (Å²) in [5.74, 6) is -1.26. The number of aromatic nitrogens is 1. The lowest BCUT2D eigenvalue weighted by Crippen LogP contribution is -2.42. The van der Waals surface area contributed by atoms with E-state index < -0.39 is 11.6 Å². The van der Waals surface area contributed by atoms with E-state index in [0.29, 0.717) is 5.56 Å². The van der Waals surface area contributed by atoms with E-state index in [9.17, 15) is 13.6 Å². The molecule has 1 unspecified atom stereocenters. The van der Waals surface area contributed by atoms with Gasteiger partial charge < -0.3 is 10.2 Å². The molecule has 1 aliphatic rings. The highest BCUT2D eigenvalue weighted by Crippen LogP contribution is 2.29. The van der Waals surface area contributed by atoms with Gasteiger partial charge >= 0.3 is 6.03 Å². The summed E-state index contributed by atoms with van der Waals surface area (Å²) in [5, 5.41) is 2.90. The van der Waals surface area contributed by atoms with Gasteiger partial charge in [0.1, 0.15) is 11.6 Å². The number of halogens is 2. The number of amides is 2. The van der Waals surface area contributed by atoms with E-state index in [0.717, 1.165) is 24.6 Å². The third-order valence-corrected chi connectivity index (χ3v) is 4.08. The fraction of sp³-hybridized carbons (Fsp3) is 0.333.